The van der Waals surface area contributed by atoms with Crippen LogP contribution in [0.5, 0.6) is 0 Å². The van der Waals surface area contributed by atoms with Crippen LogP contribution in [0.4, 0.5) is 5.82 Å². The standard InChI is InChI=1S/C18H26N2O3/c1-3-6-14(16(21)22)12-18(8-4-5-9-18)17(23)20-15-11-13(2)7-10-19-15/h7,10-11,14H,3-6,8-9,12H2,1-2H3,(H,21,22)(H,19,20,23). The maximum Gasteiger partial charge on any atom is 0.306 e. The van der Waals surface area contributed by atoms with Crippen LogP contribution < -0.4 is 5.32 Å². The van der Waals surface area contributed by atoms with E-state index in [9.17, 15) is 14.7 Å². The van der Waals surface area contributed by atoms with Crippen LogP contribution in [0.15, 0.2) is 18.3 Å². The molecular weight excluding hydrogens is 292 g/mol. The zero-order valence-electron chi connectivity index (χ0n) is 14.0. The number of anilines is 1. The first-order chi connectivity index (χ1) is 11.0. The molecule has 1 aromatic rings. The number of amides is 1. The van der Waals surface area contributed by atoms with E-state index < -0.39 is 17.3 Å². The number of aryl methyl sites for hydroxylation is 1. The zero-order chi connectivity index (χ0) is 16.9. The van der Waals surface area contributed by atoms with E-state index in [0.29, 0.717) is 18.7 Å². The molecule has 5 nitrogen and oxygen atoms in total. The van der Waals surface area contributed by atoms with Gasteiger partial charge in [0, 0.05) is 6.20 Å². The van der Waals surface area contributed by atoms with Crippen molar-refractivity contribution in [2.24, 2.45) is 11.3 Å². The van der Waals surface area contributed by atoms with Gasteiger partial charge in [0.1, 0.15) is 5.82 Å². The molecule has 1 atom stereocenters. The molecule has 1 aliphatic rings. The molecule has 5 heteroatoms. The highest BCUT2D eigenvalue weighted by Gasteiger charge is 2.44. The number of nitrogens with zero attached hydrogens (tertiary/aromatic N) is 1. The lowest BCUT2D eigenvalue weighted by Gasteiger charge is -2.30. The minimum Gasteiger partial charge on any atom is -0.481 e. The predicted molar refractivity (Wildman–Crippen MR) is 89.2 cm³/mol. The molecular formula is C18H26N2O3. The summed E-state index contributed by atoms with van der Waals surface area (Å²) in [5.74, 6) is -0.770. The molecule has 23 heavy (non-hydrogen) atoms. The Balaban J connectivity index is 2.15. The van der Waals surface area contributed by atoms with Crippen LogP contribution in [0.2, 0.25) is 0 Å². The summed E-state index contributed by atoms with van der Waals surface area (Å²) in [6, 6.07) is 3.71. The largest absolute Gasteiger partial charge is 0.481 e. The summed E-state index contributed by atoms with van der Waals surface area (Å²) in [6.07, 6.45) is 7.01. The van der Waals surface area contributed by atoms with Crippen molar-refractivity contribution in [1.82, 2.24) is 4.98 Å². The SMILES string of the molecule is CCCC(CC1(C(=O)Nc2cc(C)ccn2)CCCC1)C(=O)O. The number of nitrogens with one attached hydrogen (secondary N) is 1. The van der Waals surface area contributed by atoms with Crippen LogP contribution in [0.1, 0.15) is 57.4 Å². The van der Waals surface area contributed by atoms with Gasteiger partial charge in [0.05, 0.1) is 11.3 Å². The minimum atomic E-state index is -0.792. The van der Waals surface area contributed by atoms with Gasteiger partial charge in [0.15, 0.2) is 0 Å². The molecule has 2 rings (SSSR count). The van der Waals surface area contributed by atoms with Crippen LogP contribution in [0, 0.1) is 18.3 Å². The van der Waals surface area contributed by atoms with Crippen molar-refractivity contribution in [1.29, 1.82) is 0 Å². The lowest BCUT2D eigenvalue weighted by molar-refractivity contribution is -0.144. The second kappa shape index (κ2) is 7.57. The number of aromatic nitrogens is 1. The van der Waals surface area contributed by atoms with Gasteiger partial charge in [-0.1, -0.05) is 26.2 Å². The Morgan fingerprint density at radius 3 is 2.65 bits per heavy atom. The number of carbonyl (C=O) groups is 2. The van der Waals surface area contributed by atoms with Gasteiger partial charge in [-0.3, -0.25) is 9.59 Å². The average molecular weight is 318 g/mol. The molecule has 0 aliphatic heterocycles. The molecule has 1 aromatic heterocycles. The molecule has 126 valence electrons. The van der Waals surface area contributed by atoms with E-state index in [0.717, 1.165) is 37.7 Å². The molecule has 1 amide bonds. The summed E-state index contributed by atoms with van der Waals surface area (Å²) < 4.78 is 0. The number of carboxylic acid groups (broad SMARTS) is 1. The number of aliphatic carboxylic acids is 1. The third kappa shape index (κ3) is 4.30. The monoisotopic (exact) mass is 318 g/mol. The fourth-order valence-electron chi connectivity index (χ4n) is 3.56. The van der Waals surface area contributed by atoms with Crippen molar-refractivity contribution >= 4 is 17.7 Å². The fraction of sp³-hybridized carbons (Fsp3) is 0.611. The van der Waals surface area contributed by atoms with Crippen LogP contribution in [-0.4, -0.2) is 22.0 Å². The summed E-state index contributed by atoms with van der Waals surface area (Å²) in [5.41, 5.74) is 0.467. The van der Waals surface area contributed by atoms with Crippen molar-refractivity contribution in [3.8, 4) is 0 Å². The summed E-state index contributed by atoms with van der Waals surface area (Å²) >= 11 is 0. The number of hydrogen-bond acceptors (Lipinski definition) is 3. The van der Waals surface area contributed by atoms with Crippen molar-refractivity contribution in [3.05, 3.63) is 23.9 Å². The maximum atomic E-state index is 12.9. The Morgan fingerprint density at radius 1 is 1.39 bits per heavy atom. The van der Waals surface area contributed by atoms with Gasteiger partial charge in [-0.05, 0) is 50.3 Å². The van der Waals surface area contributed by atoms with E-state index in [4.69, 9.17) is 0 Å². The van der Waals surface area contributed by atoms with Crippen molar-refractivity contribution in [3.63, 3.8) is 0 Å². The van der Waals surface area contributed by atoms with Crippen molar-refractivity contribution < 1.29 is 14.7 Å². The predicted octanol–water partition coefficient (Wildman–Crippen LogP) is 3.78. The van der Waals surface area contributed by atoms with Gasteiger partial charge < -0.3 is 10.4 Å². The number of hydrogen-bond donors (Lipinski definition) is 2. The quantitative estimate of drug-likeness (QED) is 0.802. The first-order valence-corrected chi connectivity index (χ1v) is 8.44. The van der Waals surface area contributed by atoms with E-state index >= 15 is 0 Å². The van der Waals surface area contributed by atoms with E-state index in [1.165, 1.54) is 0 Å². The van der Waals surface area contributed by atoms with E-state index in [2.05, 4.69) is 10.3 Å². The summed E-state index contributed by atoms with van der Waals surface area (Å²) in [4.78, 5) is 28.6. The number of carbonyl (C=O) groups excluding carboxylic acids is 1. The molecule has 1 unspecified atom stereocenters. The Labute approximate surface area is 137 Å². The second-order valence-electron chi connectivity index (χ2n) is 6.69. The van der Waals surface area contributed by atoms with Crippen LogP contribution in [-0.2, 0) is 9.59 Å². The summed E-state index contributed by atoms with van der Waals surface area (Å²) in [7, 11) is 0. The van der Waals surface area contributed by atoms with Gasteiger partial charge in [-0.25, -0.2) is 4.98 Å². The molecule has 0 aromatic carbocycles. The normalized spacial score (nSPS) is 17.7. The topological polar surface area (TPSA) is 79.3 Å². The molecule has 0 bridgehead atoms. The van der Waals surface area contributed by atoms with E-state index in [-0.39, 0.29) is 5.91 Å². The Morgan fingerprint density at radius 2 is 2.09 bits per heavy atom. The molecule has 1 saturated carbocycles. The number of rotatable bonds is 7. The molecule has 1 heterocycles. The smallest absolute Gasteiger partial charge is 0.306 e. The van der Waals surface area contributed by atoms with Crippen LogP contribution in [0.25, 0.3) is 0 Å². The van der Waals surface area contributed by atoms with E-state index in [1.807, 2.05) is 26.0 Å². The summed E-state index contributed by atoms with van der Waals surface area (Å²) in [5, 5.41) is 12.4. The number of carboxylic acids is 1. The Kier molecular flexibility index (Phi) is 5.74. The van der Waals surface area contributed by atoms with Crippen LogP contribution >= 0.6 is 0 Å². The second-order valence-corrected chi connectivity index (χ2v) is 6.69. The lowest BCUT2D eigenvalue weighted by atomic mass is 9.75. The average Bonchev–Trinajstić information content (AvgIpc) is 2.96. The molecule has 0 saturated heterocycles. The Hall–Kier alpha value is -1.91. The van der Waals surface area contributed by atoms with E-state index in [1.54, 1.807) is 6.20 Å². The maximum absolute atomic E-state index is 12.9. The van der Waals surface area contributed by atoms with Crippen molar-refractivity contribution in [2.75, 3.05) is 5.32 Å². The third-order valence-electron chi connectivity index (χ3n) is 4.82. The highest BCUT2D eigenvalue weighted by atomic mass is 16.4. The highest BCUT2D eigenvalue weighted by Crippen LogP contribution is 2.44. The third-order valence-corrected chi connectivity index (χ3v) is 4.82. The van der Waals surface area contributed by atoms with Gasteiger partial charge in [-0.15, -0.1) is 0 Å². The molecule has 2 N–H and O–H groups in total. The summed E-state index contributed by atoms with van der Waals surface area (Å²) in [6.45, 7) is 3.93. The van der Waals surface area contributed by atoms with Gasteiger partial charge in [0.2, 0.25) is 5.91 Å². The minimum absolute atomic E-state index is 0.0737. The number of pyridine rings is 1. The highest BCUT2D eigenvalue weighted by molar-refractivity contribution is 5.95. The van der Waals surface area contributed by atoms with Crippen LogP contribution in [0.3, 0.4) is 0 Å². The molecule has 1 aliphatic carbocycles. The van der Waals surface area contributed by atoms with Gasteiger partial charge in [-0.2, -0.15) is 0 Å². The van der Waals surface area contributed by atoms with Gasteiger partial charge >= 0.3 is 5.97 Å². The molecule has 0 spiro atoms. The lowest BCUT2D eigenvalue weighted by Crippen LogP contribution is -2.37. The Bertz CT molecular complexity index is 565. The molecule has 0 radical (unpaired) electrons. The first-order valence-electron chi connectivity index (χ1n) is 8.44. The zero-order valence-corrected chi connectivity index (χ0v) is 14.0. The first kappa shape index (κ1) is 17.4. The fourth-order valence-corrected chi connectivity index (χ4v) is 3.56. The van der Waals surface area contributed by atoms with Gasteiger partial charge in [0.25, 0.3) is 0 Å². The van der Waals surface area contributed by atoms with Crippen molar-refractivity contribution in [2.45, 2.75) is 58.8 Å². The molecule has 1 fully saturated rings.